The van der Waals surface area contributed by atoms with Crippen molar-refractivity contribution >= 4 is 17.3 Å². The summed E-state index contributed by atoms with van der Waals surface area (Å²) in [7, 11) is 0. The summed E-state index contributed by atoms with van der Waals surface area (Å²) in [4.78, 5) is 25.1. The molecule has 6 nitrogen and oxygen atoms in total. The smallest absolute Gasteiger partial charge is 0.292 e. The Kier molecular flexibility index (Phi) is 4.50. The minimum Gasteiger partial charge on any atom is -0.366 e. The van der Waals surface area contributed by atoms with E-state index in [1.807, 2.05) is 11.0 Å². The van der Waals surface area contributed by atoms with E-state index in [4.69, 9.17) is 0 Å². The Hall–Kier alpha value is -2.11. The van der Waals surface area contributed by atoms with E-state index in [1.165, 1.54) is 18.9 Å². The first-order valence-corrected chi connectivity index (χ1v) is 8.35. The van der Waals surface area contributed by atoms with E-state index in [2.05, 4.69) is 12.2 Å². The number of benzene rings is 1. The van der Waals surface area contributed by atoms with Crippen LogP contribution in [0.25, 0.3) is 0 Å². The third kappa shape index (κ3) is 3.63. The molecule has 1 amide bonds. The van der Waals surface area contributed by atoms with E-state index >= 15 is 0 Å². The van der Waals surface area contributed by atoms with E-state index in [0.717, 1.165) is 12.8 Å². The van der Waals surface area contributed by atoms with E-state index < -0.39 is 0 Å². The van der Waals surface area contributed by atoms with Gasteiger partial charge in [0.25, 0.3) is 5.69 Å². The fourth-order valence-corrected chi connectivity index (χ4v) is 3.32. The third-order valence-electron chi connectivity index (χ3n) is 4.98. The quantitative estimate of drug-likeness (QED) is 0.669. The second kappa shape index (κ2) is 6.56. The van der Waals surface area contributed by atoms with Gasteiger partial charge in [0.2, 0.25) is 5.91 Å². The van der Waals surface area contributed by atoms with E-state index in [9.17, 15) is 14.9 Å². The minimum atomic E-state index is -0.342. The van der Waals surface area contributed by atoms with Gasteiger partial charge in [-0.25, -0.2) is 0 Å². The summed E-state index contributed by atoms with van der Waals surface area (Å²) in [6.45, 7) is 3.44. The predicted molar refractivity (Wildman–Crippen MR) is 88.4 cm³/mol. The normalized spacial score (nSPS) is 20.1. The highest BCUT2D eigenvalue weighted by atomic mass is 16.6. The monoisotopic (exact) mass is 317 g/mol. The molecule has 23 heavy (non-hydrogen) atoms. The van der Waals surface area contributed by atoms with Crippen LogP contribution < -0.4 is 10.2 Å². The highest BCUT2D eigenvalue weighted by Gasteiger charge is 2.32. The molecule has 2 fully saturated rings. The molecule has 124 valence electrons. The Labute approximate surface area is 136 Å². The Balaban J connectivity index is 1.58. The van der Waals surface area contributed by atoms with Gasteiger partial charge in [-0.1, -0.05) is 12.1 Å². The van der Waals surface area contributed by atoms with Crippen LogP contribution in [0.2, 0.25) is 0 Å². The van der Waals surface area contributed by atoms with Crippen LogP contribution in [-0.2, 0) is 4.79 Å². The van der Waals surface area contributed by atoms with Crippen molar-refractivity contribution in [1.82, 2.24) is 5.32 Å². The van der Waals surface area contributed by atoms with Gasteiger partial charge in [-0.15, -0.1) is 0 Å². The number of rotatable bonds is 5. The Morgan fingerprint density at radius 2 is 1.91 bits per heavy atom. The van der Waals surface area contributed by atoms with Crippen LogP contribution >= 0.6 is 0 Å². The van der Waals surface area contributed by atoms with Crippen molar-refractivity contribution in [3.8, 4) is 0 Å². The summed E-state index contributed by atoms with van der Waals surface area (Å²) in [5, 5.41) is 14.3. The number of anilines is 1. The van der Waals surface area contributed by atoms with Crippen LogP contribution in [0.3, 0.4) is 0 Å². The lowest BCUT2D eigenvalue weighted by atomic mass is 9.95. The summed E-state index contributed by atoms with van der Waals surface area (Å²) >= 11 is 0. The number of amides is 1. The lowest BCUT2D eigenvalue weighted by Gasteiger charge is -2.33. The largest absolute Gasteiger partial charge is 0.366 e. The number of piperidine rings is 1. The van der Waals surface area contributed by atoms with Gasteiger partial charge in [0.1, 0.15) is 5.69 Å². The molecule has 1 heterocycles. The van der Waals surface area contributed by atoms with Gasteiger partial charge in [0.15, 0.2) is 0 Å². The Morgan fingerprint density at radius 3 is 2.52 bits per heavy atom. The highest BCUT2D eigenvalue weighted by Crippen LogP contribution is 2.33. The topological polar surface area (TPSA) is 75.5 Å². The highest BCUT2D eigenvalue weighted by molar-refractivity contribution is 5.79. The van der Waals surface area contributed by atoms with Crippen molar-refractivity contribution in [2.75, 3.05) is 18.0 Å². The molecule has 0 unspecified atom stereocenters. The van der Waals surface area contributed by atoms with Gasteiger partial charge in [-0.05, 0) is 44.6 Å². The molecule has 3 rings (SSSR count). The van der Waals surface area contributed by atoms with Crippen molar-refractivity contribution in [3.63, 3.8) is 0 Å². The molecule has 6 heteroatoms. The molecule has 0 aromatic heterocycles. The lowest BCUT2D eigenvalue weighted by molar-refractivity contribution is -0.384. The number of nitro groups is 1. The number of nitro benzene ring substituents is 1. The fraction of sp³-hybridized carbons (Fsp3) is 0.588. The zero-order valence-corrected chi connectivity index (χ0v) is 13.4. The molecule has 2 aliphatic rings. The zero-order chi connectivity index (χ0) is 16.4. The maximum Gasteiger partial charge on any atom is 0.292 e. The molecule has 1 saturated carbocycles. The lowest BCUT2D eigenvalue weighted by Crippen LogP contribution is -2.43. The summed E-state index contributed by atoms with van der Waals surface area (Å²) in [5.74, 6) is 0.827. The second-order valence-corrected chi connectivity index (χ2v) is 6.64. The Bertz CT molecular complexity index is 593. The first-order chi connectivity index (χ1) is 11.1. The second-order valence-electron chi connectivity index (χ2n) is 6.64. The van der Waals surface area contributed by atoms with Crippen molar-refractivity contribution < 1.29 is 9.72 Å². The van der Waals surface area contributed by atoms with Crippen LogP contribution in [0.4, 0.5) is 11.4 Å². The predicted octanol–water partition coefficient (Wildman–Crippen LogP) is 2.73. The first kappa shape index (κ1) is 15.8. The number of nitrogens with one attached hydrogen (secondary N) is 1. The van der Waals surface area contributed by atoms with Crippen LogP contribution in [-0.4, -0.2) is 30.0 Å². The van der Waals surface area contributed by atoms with Gasteiger partial charge >= 0.3 is 0 Å². The molecular weight excluding hydrogens is 294 g/mol. The summed E-state index contributed by atoms with van der Waals surface area (Å²) < 4.78 is 0. The average molecular weight is 317 g/mol. The van der Waals surface area contributed by atoms with Crippen molar-refractivity contribution in [2.45, 2.75) is 38.6 Å². The molecule has 1 aromatic rings. The summed E-state index contributed by atoms with van der Waals surface area (Å²) in [5.41, 5.74) is 0.792. The maximum absolute atomic E-state index is 12.3. The molecule has 0 radical (unpaired) electrons. The number of carbonyl (C=O) groups is 1. The van der Waals surface area contributed by atoms with Crippen LogP contribution in [0.5, 0.6) is 0 Å². The van der Waals surface area contributed by atoms with E-state index in [0.29, 0.717) is 24.7 Å². The van der Waals surface area contributed by atoms with Gasteiger partial charge in [-0.3, -0.25) is 14.9 Å². The standard InChI is InChI=1S/C17H23N3O3/c1-12(13-6-7-13)18-17(21)14-8-10-19(11-9-14)15-4-2-3-5-16(15)20(22)23/h2-5,12-14H,6-11H2,1H3,(H,18,21)/t12-/m1/s1. The molecule has 1 aliphatic heterocycles. The van der Waals surface area contributed by atoms with Crippen molar-refractivity contribution in [3.05, 3.63) is 34.4 Å². The summed E-state index contributed by atoms with van der Waals surface area (Å²) in [6.07, 6.45) is 3.93. The molecular formula is C17H23N3O3. The average Bonchev–Trinajstić information content (AvgIpc) is 3.40. The van der Waals surface area contributed by atoms with Crippen LogP contribution in [0.1, 0.15) is 32.6 Å². The molecule has 0 spiro atoms. The van der Waals surface area contributed by atoms with Gasteiger partial charge < -0.3 is 10.2 Å². The molecule has 1 aromatic carbocycles. The van der Waals surface area contributed by atoms with E-state index in [1.54, 1.807) is 12.1 Å². The van der Waals surface area contributed by atoms with Gasteiger partial charge in [0, 0.05) is 31.1 Å². The van der Waals surface area contributed by atoms with Crippen molar-refractivity contribution in [1.29, 1.82) is 0 Å². The molecule has 1 N–H and O–H groups in total. The summed E-state index contributed by atoms with van der Waals surface area (Å²) in [6, 6.07) is 7.09. The Morgan fingerprint density at radius 1 is 1.26 bits per heavy atom. The number of carbonyl (C=O) groups excluding carboxylic acids is 1. The third-order valence-corrected chi connectivity index (χ3v) is 4.98. The SMILES string of the molecule is C[C@@H](NC(=O)C1CCN(c2ccccc2[N+](=O)[O-])CC1)C1CC1. The van der Waals surface area contributed by atoms with Crippen molar-refractivity contribution in [2.24, 2.45) is 11.8 Å². The first-order valence-electron chi connectivity index (χ1n) is 8.35. The molecule has 1 saturated heterocycles. The number of hydrogen-bond donors (Lipinski definition) is 1. The minimum absolute atomic E-state index is 0.0234. The number of nitrogens with zero attached hydrogens (tertiary/aromatic N) is 2. The molecule has 0 bridgehead atoms. The maximum atomic E-state index is 12.3. The van der Waals surface area contributed by atoms with Crippen LogP contribution in [0.15, 0.2) is 24.3 Å². The van der Waals surface area contributed by atoms with Gasteiger partial charge in [0.05, 0.1) is 4.92 Å². The number of hydrogen-bond acceptors (Lipinski definition) is 4. The molecule has 1 atom stereocenters. The van der Waals surface area contributed by atoms with Gasteiger partial charge in [-0.2, -0.15) is 0 Å². The van der Waals surface area contributed by atoms with E-state index in [-0.39, 0.29) is 28.5 Å². The number of para-hydroxylation sites is 2. The molecule has 1 aliphatic carbocycles. The van der Waals surface area contributed by atoms with Crippen LogP contribution in [0, 0.1) is 22.0 Å². The fourth-order valence-electron chi connectivity index (χ4n) is 3.32. The zero-order valence-electron chi connectivity index (χ0n) is 13.4.